The average Bonchev–Trinajstić information content (AvgIpc) is 2.22. The second-order valence-electron chi connectivity index (χ2n) is 2.96. The van der Waals surface area contributed by atoms with Crippen LogP contribution in [-0.2, 0) is 0 Å². The third-order valence-corrected chi connectivity index (χ3v) is 2.08. The van der Waals surface area contributed by atoms with Gasteiger partial charge in [-0.2, -0.15) is 0 Å². The largest absolute Gasteiger partial charge is 0.223 e. The van der Waals surface area contributed by atoms with E-state index >= 15 is 0 Å². The molecule has 0 bridgehead atoms. The number of hydrogen-bond donors (Lipinski definition) is 0. The molecule has 0 fully saturated rings. The first-order valence-electron chi connectivity index (χ1n) is 4.21. The van der Waals surface area contributed by atoms with Crippen LogP contribution in [0.3, 0.4) is 0 Å². The molecule has 0 radical (unpaired) electrons. The molecule has 82 valence electrons. The van der Waals surface area contributed by atoms with Crippen molar-refractivity contribution in [1.82, 2.24) is 9.97 Å². The van der Waals surface area contributed by atoms with Gasteiger partial charge in [0.15, 0.2) is 5.82 Å². The molecule has 0 unspecified atom stereocenters. The van der Waals surface area contributed by atoms with Crippen LogP contribution in [0, 0.1) is 17.5 Å². The fraction of sp³-hybridized carbons (Fsp3) is 0. The molecule has 0 N–H and O–H groups in total. The van der Waals surface area contributed by atoms with Gasteiger partial charge in [0, 0.05) is 11.6 Å². The van der Waals surface area contributed by atoms with E-state index in [0.29, 0.717) is 6.07 Å². The van der Waals surface area contributed by atoms with Crippen LogP contribution in [0.15, 0.2) is 24.4 Å². The quantitative estimate of drug-likeness (QED) is 0.720. The Bertz CT molecular complexity index is 546. The normalized spacial score (nSPS) is 10.5. The maximum Gasteiger partial charge on any atom is 0.223 e. The molecule has 0 saturated carbocycles. The molecule has 0 aliphatic rings. The van der Waals surface area contributed by atoms with E-state index in [0.717, 1.165) is 18.3 Å². The minimum atomic E-state index is -0.909. The van der Waals surface area contributed by atoms with Crippen molar-refractivity contribution in [1.29, 1.82) is 0 Å². The molecular weight excluding hydrogens is 241 g/mol. The van der Waals surface area contributed by atoms with Crippen LogP contribution in [-0.4, -0.2) is 9.97 Å². The van der Waals surface area contributed by atoms with Gasteiger partial charge in [0.2, 0.25) is 5.28 Å². The zero-order chi connectivity index (χ0) is 11.7. The van der Waals surface area contributed by atoms with Crippen molar-refractivity contribution in [3.8, 4) is 11.3 Å². The van der Waals surface area contributed by atoms with Gasteiger partial charge in [0.1, 0.15) is 17.3 Å². The van der Waals surface area contributed by atoms with Gasteiger partial charge in [0.05, 0.1) is 6.20 Å². The number of hydrogen-bond acceptors (Lipinski definition) is 2. The lowest BCUT2D eigenvalue weighted by Crippen LogP contribution is -1.95. The van der Waals surface area contributed by atoms with Gasteiger partial charge >= 0.3 is 0 Å². The molecule has 2 nitrogen and oxygen atoms in total. The fourth-order valence-corrected chi connectivity index (χ4v) is 1.35. The summed E-state index contributed by atoms with van der Waals surface area (Å²) in [5.41, 5.74) is -0.458. The van der Waals surface area contributed by atoms with Gasteiger partial charge in [0.25, 0.3) is 0 Å². The average molecular weight is 245 g/mol. The lowest BCUT2D eigenvalue weighted by atomic mass is 10.1. The summed E-state index contributed by atoms with van der Waals surface area (Å²) in [5.74, 6) is -2.48. The summed E-state index contributed by atoms with van der Waals surface area (Å²) in [4.78, 5) is 6.95. The standard InChI is InChI=1S/C10H4ClF3N2/c11-10-15-4-8(14)9(16-10)6-2-1-5(12)3-7(6)13/h1-4H. The molecule has 0 amide bonds. The molecule has 0 saturated heterocycles. The third kappa shape index (κ3) is 1.99. The maximum absolute atomic E-state index is 13.3. The number of benzene rings is 1. The van der Waals surface area contributed by atoms with Crippen molar-refractivity contribution in [3.05, 3.63) is 47.1 Å². The van der Waals surface area contributed by atoms with E-state index in [-0.39, 0.29) is 16.5 Å². The van der Waals surface area contributed by atoms with Gasteiger partial charge in [-0.3, -0.25) is 0 Å². The number of aromatic nitrogens is 2. The van der Waals surface area contributed by atoms with Crippen LogP contribution in [0.25, 0.3) is 11.3 Å². The van der Waals surface area contributed by atoms with Crippen LogP contribution in [0.1, 0.15) is 0 Å². The highest BCUT2D eigenvalue weighted by Gasteiger charge is 2.13. The Labute approximate surface area is 93.7 Å². The highest BCUT2D eigenvalue weighted by Crippen LogP contribution is 2.24. The number of nitrogens with zero attached hydrogens (tertiary/aromatic N) is 2. The smallest absolute Gasteiger partial charge is 0.223 e. The zero-order valence-corrected chi connectivity index (χ0v) is 8.47. The summed E-state index contributed by atoms with van der Waals surface area (Å²) in [5, 5.41) is -0.208. The van der Waals surface area contributed by atoms with E-state index in [9.17, 15) is 13.2 Å². The summed E-state index contributed by atoms with van der Waals surface area (Å²) in [6.07, 6.45) is 0.827. The first kappa shape index (κ1) is 10.9. The predicted molar refractivity (Wildman–Crippen MR) is 52.4 cm³/mol. The van der Waals surface area contributed by atoms with Gasteiger partial charge in [-0.25, -0.2) is 23.1 Å². The van der Waals surface area contributed by atoms with E-state index in [1.807, 2.05) is 0 Å². The van der Waals surface area contributed by atoms with Crippen molar-refractivity contribution in [3.63, 3.8) is 0 Å². The van der Waals surface area contributed by atoms with E-state index in [1.165, 1.54) is 0 Å². The minimum absolute atomic E-state index is 0.164. The first-order valence-corrected chi connectivity index (χ1v) is 4.59. The van der Waals surface area contributed by atoms with Gasteiger partial charge in [-0.05, 0) is 23.7 Å². The summed E-state index contributed by atoms with van der Waals surface area (Å²) in [6.45, 7) is 0. The SMILES string of the molecule is Fc1ccc(-c2nc(Cl)ncc2F)c(F)c1. The van der Waals surface area contributed by atoms with Crippen molar-refractivity contribution in [2.75, 3.05) is 0 Å². The molecule has 1 aromatic carbocycles. The predicted octanol–water partition coefficient (Wildman–Crippen LogP) is 3.21. The van der Waals surface area contributed by atoms with E-state index in [1.54, 1.807) is 0 Å². The molecule has 1 heterocycles. The topological polar surface area (TPSA) is 25.8 Å². The van der Waals surface area contributed by atoms with Crippen LogP contribution in [0.5, 0.6) is 0 Å². The van der Waals surface area contributed by atoms with Gasteiger partial charge in [-0.1, -0.05) is 0 Å². The van der Waals surface area contributed by atoms with Crippen LogP contribution < -0.4 is 0 Å². The summed E-state index contributed by atoms with van der Waals surface area (Å²) in [7, 11) is 0. The lowest BCUT2D eigenvalue weighted by Gasteiger charge is -2.03. The first-order chi connectivity index (χ1) is 7.58. The Morgan fingerprint density at radius 1 is 1.06 bits per heavy atom. The molecule has 0 atom stereocenters. The molecule has 0 aliphatic heterocycles. The minimum Gasteiger partial charge on any atom is -0.223 e. The monoisotopic (exact) mass is 244 g/mol. The highest BCUT2D eigenvalue weighted by atomic mass is 35.5. The van der Waals surface area contributed by atoms with Crippen LogP contribution >= 0.6 is 11.6 Å². The molecular formula is C10H4ClF3N2. The molecule has 0 aliphatic carbocycles. The molecule has 1 aromatic heterocycles. The van der Waals surface area contributed by atoms with E-state index in [4.69, 9.17) is 11.6 Å². The molecule has 2 rings (SSSR count). The van der Waals surface area contributed by atoms with Crippen LogP contribution in [0.2, 0.25) is 5.28 Å². The van der Waals surface area contributed by atoms with Gasteiger partial charge in [-0.15, -0.1) is 0 Å². The summed E-state index contributed by atoms with van der Waals surface area (Å²) in [6, 6.07) is 2.74. The van der Waals surface area contributed by atoms with Crippen LogP contribution in [0.4, 0.5) is 13.2 Å². The Morgan fingerprint density at radius 3 is 2.50 bits per heavy atom. The Morgan fingerprint density at radius 2 is 1.81 bits per heavy atom. The molecule has 0 spiro atoms. The van der Waals surface area contributed by atoms with Crippen molar-refractivity contribution < 1.29 is 13.2 Å². The second-order valence-corrected chi connectivity index (χ2v) is 3.30. The molecule has 2 aromatic rings. The van der Waals surface area contributed by atoms with Crippen molar-refractivity contribution in [2.45, 2.75) is 0 Å². The van der Waals surface area contributed by atoms with Crippen molar-refractivity contribution in [2.24, 2.45) is 0 Å². The Kier molecular flexibility index (Phi) is 2.78. The zero-order valence-electron chi connectivity index (χ0n) is 7.72. The van der Waals surface area contributed by atoms with Crippen molar-refractivity contribution >= 4 is 11.6 Å². The number of rotatable bonds is 1. The van der Waals surface area contributed by atoms with Gasteiger partial charge < -0.3 is 0 Å². The highest BCUT2D eigenvalue weighted by molar-refractivity contribution is 6.28. The number of halogens is 4. The Balaban J connectivity index is 2.62. The maximum atomic E-state index is 13.3. The fourth-order valence-electron chi connectivity index (χ4n) is 1.22. The lowest BCUT2D eigenvalue weighted by molar-refractivity contribution is 0.580. The van der Waals surface area contributed by atoms with E-state index in [2.05, 4.69) is 9.97 Å². The second kappa shape index (κ2) is 4.09. The third-order valence-electron chi connectivity index (χ3n) is 1.90. The Hall–Kier alpha value is -1.62. The van der Waals surface area contributed by atoms with E-state index < -0.39 is 17.5 Å². The molecule has 6 heteroatoms. The summed E-state index contributed by atoms with van der Waals surface area (Å²) >= 11 is 5.46. The summed E-state index contributed by atoms with van der Waals surface area (Å²) < 4.78 is 39.3. The molecule has 16 heavy (non-hydrogen) atoms.